The molecule has 0 saturated heterocycles. The number of fused-ring (bicyclic) bond motifs is 1. The highest BCUT2D eigenvalue weighted by Gasteiger charge is 2.24. The summed E-state index contributed by atoms with van der Waals surface area (Å²) in [6.07, 6.45) is 0. The first-order valence-corrected chi connectivity index (χ1v) is 6.43. The van der Waals surface area contributed by atoms with Crippen LogP contribution < -0.4 is 10.2 Å². The molecule has 3 rings (SSSR count). The van der Waals surface area contributed by atoms with Gasteiger partial charge in [-0.1, -0.05) is 23.7 Å². The van der Waals surface area contributed by atoms with Crippen LogP contribution in [0.4, 0.5) is 17.1 Å². The standard InChI is InChI=1S/C15H10ClN3O/c16-11-5-6-13(10(7-11)8-17)19-9-15(20)18-12-3-1-2-4-14(12)19/h1-7H,9H2,(H,18,20). The van der Waals surface area contributed by atoms with Crippen molar-refractivity contribution in [2.45, 2.75) is 0 Å². The highest BCUT2D eigenvalue weighted by atomic mass is 35.5. The lowest BCUT2D eigenvalue weighted by Gasteiger charge is -2.31. The number of amides is 1. The average molecular weight is 284 g/mol. The van der Waals surface area contributed by atoms with Crippen molar-refractivity contribution in [3.05, 3.63) is 53.1 Å². The molecule has 5 heteroatoms. The maximum absolute atomic E-state index is 11.8. The lowest BCUT2D eigenvalue weighted by Crippen LogP contribution is -2.35. The number of anilines is 3. The van der Waals surface area contributed by atoms with Crippen LogP contribution in [0.2, 0.25) is 5.02 Å². The van der Waals surface area contributed by atoms with E-state index in [9.17, 15) is 10.1 Å². The Morgan fingerprint density at radius 3 is 2.80 bits per heavy atom. The first-order chi connectivity index (χ1) is 9.69. The topological polar surface area (TPSA) is 56.1 Å². The van der Waals surface area contributed by atoms with Gasteiger partial charge in [0.25, 0.3) is 0 Å². The summed E-state index contributed by atoms with van der Waals surface area (Å²) in [5, 5.41) is 12.6. The van der Waals surface area contributed by atoms with E-state index < -0.39 is 0 Å². The highest BCUT2D eigenvalue weighted by Crippen LogP contribution is 2.36. The highest BCUT2D eigenvalue weighted by molar-refractivity contribution is 6.30. The number of carbonyl (C=O) groups is 1. The Labute approximate surface area is 121 Å². The summed E-state index contributed by atoms with van der Waals surface area (Å²) in [7, 11) is 0. The fraction of sp³-hybridized carbons (Fsp3) is 0.0667. The van der Waals surface area contributed by atoms with Crippen molar-refractivity contribution in [2.75, 3.05) is 16.8 Å². The maximum atomic E-state index is 11.8. The Hall–Kier alpha value is -2.51. The quantitative estimate of drug-likeness (QED) is 0.873. The molecular formula is C15H10ClN3O. The third-order valence-electron chi connectivity index (χ3n) is 3.14. The fourth-order valence-electron chi connectivity index (χ4n) is 2.28. The zero-order chi connectivity index (χ0) is 14.1. The summed E-state index contributed by atoms with van der Waals surface area (Å²) < 4.78 is 0. The Morgan fingerprint density at radius 1 is 1.20 bits per heavy atom. The molecule has 0 aliphatic carbocycles. The third-order valence-corrected chi connectivity index (χ3v) is 3.38. The van der Waals surface area contributed by atoms with Crippen molar-refractivity contribution in [2.24, 2.45) is 0 Å². The van der Waals surface area contributed by atoms with Gasteiger partial charge >= 0.3 is 0 Å². The van der Waals surface area contributed by atoms with Gasteiger partial charge in [0.2, 0.25) is 5.91 Å². The number of hydrogen-bond acceptors (Lipinski definition) is 3. The number of nitrogens with one attached hydrogen (secondary N) is 1. The number of rotatable bonds is 1. The van der Waals surface area contributed by atoms with E-state index in [1.165, 1.54) is 0 Å². The lowest BCUT2D eigenvalue weighted by molar-refractivity contribution is -0.115. The Kier molecular flexibility index (Phi) is 3.05. The molecule has 4 nitrogen and oxygen atoms in total. The van der Waals surface area contributed by atoms with Crippen LogP contribution in [0.5, 0.6) is 0 Å². The summed E-state index contributed by atoms with van der Waals surface area (Å²) in [4.78, 5) is 13.6. The summed E-state index contributed by atoms with van der Waals surface area (Å²) in [5.74, 6) is -0.109. The van der Waals surface area contributed by atoms with E-state index in [0.717, 1.165) is 11.4 Å². The van der Waals surface area contributed by atoms with Crippen molar-refractivity contribution in [3.63, 3.8) is 0 Å². The molecule has 0 spiro atoms. The number of carbonyl (C=O) groups excluding carboxylic acids is 1. The third kappa shape index (κ3) is 2.09. The molecule has 0 fully saturated rings. The lowest BCUT2D eigenvalue weighted by atomic mass is 10.1. The zero-order valence-electron chi connectivity index (χ0n) is 10.4. The second-order valence-corrected chi connectivity index (χ2v) is 4.86. The molecule has 1 aliphatic rings. The van der Waals surface area contributed by atoms with Crippen LogP contribution in [0, 0.1) is 11.3 Å². The van der Waals surface area contributed by atoms with Gasteiger partial charge in [0, 0.05) is 5.02 Å². The Bertz CT molecular complexity index is 736. The molecule has 1 amide bonds. The fourth-order valence-corrected chi connectivity index (χ4v) is 2.45. The second kappa shape index (κ2) is 4.87. The Morgan fingerprint density at radius 2 is 2.00 bits per heavy atom. The molecule has 0 bridgehead atoms. The van der Waals surface area contributed by atoms with Crippen LogP contribution in [0.25, 0.3) is 0 Å². The van der Waals surface area contributed by atoms with Crippen LogP contribution in [-0.4, -0.2) is 12.5 Å². The van der Waals surface area contributed by atoms with Crippen molar-refractivity contribution >= 4 is 34.6 Å². The van der Waals surface area contributed by atoms with E-state index in [-0.39, 0.29) is 12.5 Å². The monoisotopic (exact) mass is 283 g/mol. The van der Waals surface area contributed by atoms with Gasteiger partial charge < -0.3 is 10.2 Å². The first kappa shape index (κ1) is 12.5. The first-order valence-electron chi connectivity index (χ1n) is 6.05. The largest absolute Gasteiger partial charge is 0.329 e. The molecule has 1 aliphatic heterocycles. The van der Waals surface area contributed by atoms with E-state index >= 15 is 0 Å². The predicted molar refractivity (Wildman–Crippen MR) is 78.2 cm³/mol. The molecule has 2 aromatic carbocycles. The summed E-state index contributed by atoms with van der Waals surface area (Å²) in [6.45, 7) is 0.174. The van der Waals surface area contributed by atoms with Gasteiger partial charge in [-0.2, -0.15) is 5.26 Å². The molecule has 98 valence electrons. The molecule has 1 heterocycles. The van der Waals surface area contributed by atoms with Crippen LogP contribution in [0.3, 0.4) is 0 Å². The molecule has 0 aromatic heterocycles. The van der Waals surface area contributed by atoms with E-state index in [1.807, 2.05) is 29.2 Å². The number of halogens is 1. The number of benzene rings is 2. The van der Waals surface area contributed by atoms with Crippen molar-refractivity contribution < 1.29 is 4.79 Å². The van der Waals surface area contributed by atoms with Crippen LogP contribution >= 0.6 is 11.6 Å². The van der Waals surface area contributed by atoms with Gasteiger partial charge in [-0.05, 0) is 30.3 Å². The molecule has 2 aromatic rings. The van der Waals surface area contributed by atoms with Crippen molar-refractivity contribution in [1.82, 2.24) is 0 Å². The van der Waals surface area contributed by atoms with Gasteiger partial charge in [-0.25, -0.2) is 0 Å². The van der Waals surface area contributed by atoms with Gasteiger partial charge in [0.1, 0.15) is 12.6 Å². The number of para-hydroxylation sites is 2. The SMILES string of the molecule is N#Cc1cc(Cl)ccc1N1CC(=O)Nc2ccccc21. The summed E-state index contributed by atoms with van der Waals surface area (Å²) in [5.41, 5.74) is 2.73. The van der Waals surface area contributed by atoms with Crippen molar-refractivity contribution in [3.8, 4) is 6.07 Å². The molecule has 1 N–H and O–H groups in total. The number of nitrogens with zero attached hydrogens (tertiary/aromatic N) is 2. The van der Waals surface area contributed by atoms with Crippen LogP contribution in [-0.2, 0) is 4.79 Å². The predicted octanol–water partition coefficient (Wildman–Crippen LogP) is 3.30. The van der Waals surface area contributed by atoms with Gasteiger partial charge in [0.15, 0.2) is 0 Å². The van der Waals surface area contributed by atoms with Gasteiger partial charge in [0.05, 0.1) is 22.6 Å². The van der Waals surface area contributed by atoms with Crippen LogP contribution in [0.15, 0.2) is 42.5 Å². The second-order valence-electron chi connectivity index (χ2n) is 4.42. The van der Waals surface area contributed by atoms with Crippen molar-refractivity contribution in [1.29, 1.82) is 5.26 Å². The van der Waals surface area contributed by atoms with E-state index in [1.54, 1.807) is 18.2 Å². The molecular weight excluding hydrogens is 274 g/mol. The minimum absolute atomic E-state index is 0.109. The minimum Gasteiger partial charge on any atom is -0.329 e. The smallest absolute Gasteiger partial charge is 0.244 e. The average Bonchev–Trinajstić information content (AvgIpc) is 2.46. The molecule has 0 radical (unpaired) electrons. The minimum atomic E-state index is -0.109. The van der Waals surface area contributed by atoms with E-state index in [4.69, 9.17) is 11.6 Å². The summed E-state index contributed by atoms with van der Waals surface area (Å²) in [6, 6.07) is 14.7. The van der Waals surface area contributed by atoms with E-state index in [0.29, 0.717) is 16.3 Å². The normalized spacial score (nSPS) is 13.4. The number of hydrogen-bond donors (Lipinski definition) is 1. The van der Waals surface area contributed by atoms with Gasteiger partial charge in [-0.3, -0.25) is 4.79 Å². The molecule has 0 saturated carbocycles. The molecule has 0 atom stereocenters. The molecule has 20 heavy (non-hydrogen) atoms. The van der Waals surface area contributed by atoms with Gasteiger partial charge in [-0.15, -0.1) is 0 Å². The summed E-state index contributed by atoms with van der Waals surface area (Å²) >= 11 is 5.91. The molecule has 0 unspecified atom stereocenters. The zero-order valence-corrected chi connectivity index (χ0v) is 11.2. The van der Waals surface area contributed by atoms with Crippen LogP contribution in [0.1, 0.15) is 5.56 Å². The Balaban J connectivity index is 2.16. The van der Waals surface area contributed by atoms with E-state index in [2.05, 4.69) is 11.4 Å². The number of nitriles is 1. The maximum Gasteiger partial charge on any atom is 0.244 e.